The van der Waals surface area contributed by atoms with Crippen LogP contribution in [0.3, 0.4) is 0 Å². The number of nitrogens with zero attached hydrogens (tertiary/aromatic N) is 1. The van der Waals surface area contributed by atoms with E-state index in [1.54, 1.807) is 0 Å². The maximum atomic E-state index is 5.88. The minimum atomic E-state index is 0.625. The molecule has 0 amide bonds. The molecule has 2 aliphatic rings. The fourth-order valence-corrected chi connectivity index (χ4v) is 3.68. The van der Waals surface area contributed by atoms with Crippen LogP contribution in [0.2, 0.25) is 0 Å². The summed E-state index contributed by atoms with van der Waals surface area (Å²) in [5.41, 5.74) is 2.63. The lowest BCUT2D eigenvalue weighted by atomic mass is 10.1. The van der Waals surface area contributed by atoms with Gasteiger partial charge in [-0.2, -0.15) is 0 Å². The van der Waals surface area contributed by atoms with Crippen molar-refractivity contribution in [2.24, 2.45) is 0 Å². The Bertz CT molecular complexity index is 668. The fraction of sp³-hybridized carbons (Fsp3) is 0.455. The first-order valence-electron chi connectivity index (χ1n) is 9.81. The van der Waals surface area contributed by atoms with Crippen molar-refractivity contribution in [1.29, 1.82) is 0 Å². The summed E-state index contributed by atoms with van der Waals surface area (Å²) in [6.45, 7) is 7.51. The molecule has 0 radical (unpaired) electrons. The minimum absolute atomic E-state index is 0.625. The van der Waals surface area contributed by atoms with E-state index in [0.717, 1.165) is 31.9 Å². The van der Waals surface area contributed by atoms with E-state index < -0.39 is 0 Å². The van der Waals surface area contributed by atoms with Gasteiger partial charge >= 0.3 is 0 Å². The van der Waals surface area contributed by atoms with Crippen LogP contribution in [0.25, 0.3) is 0 Å². The third kappa shape index (κ3) is 4.85. The Balaban J connectivity index is 1.18. The molecule has 1 saturated heterocycles. The molecule has 4 nitrogen and oxygen atoms in total. The molecule has 0 bridgehead atoms. The molecular weight excluding hydrogens is 322 g/mol. The lowest BCUT2D eigenvalue weighted by Gasteiger charge is -2.27. The predicted octanol–water partition coefficient (Wildman–Crippen LogP) is 2.62. The van der Waals surface area contributed by atoms with Crippen LogP contribution in [0.5, 0.6) is 5.75 Å². The molecule has 2 aromatic rings. The molecular formula is C22H29N3O. The number of rotatable bonds is 8. The standard InChI is InChI=1S/C22H29N3O/c1-2-4-18(5-3-1)17-26-20-8-6-19(7-9-20)21-16-22(21)24-12-15-25-13-10-23-11-14-25/h1-9,21-24H,10-17H2/t21-,22+/m0/s1. The van der Waals surface area contributed by atoms with Gasteiger partial charge in [-0.05, 0) is 29.7 Å². The van der Waals surface area contributed by atoms with E-state index in [4.69, 9.17) is 4.74 Å². The van der Waals surface area contributed by atoms with Gasteiger partial charge in [-0.3, -0.25) is 4.90 Å². The summed E-state index contributed by atoms with van der Waals surface area (Å²) in [4.78, 5) is 2.54. The van der Waals surface area contributed by atoms with E-state index in [2.05, 4.69) is 51.9 Å². The molecule has 1 aliphatic carbocycles. The number of hydrogen-bond acceptors (Lipinski definition) is 4. The van der Waals surface area contributed by atoms with Crippen molar-refractivity contribution >= 4 is 0 Å². The van der Waals surface area contributed by atoms with Crippen molar-refractivity contribution in [2.45, 2.75) is 25.0 Å². The van der Waals surface area contributed by atoms with Gasteiger partial charge in [0.2, 0.25) is 0 Å². The highest BCUT2D eigenvalue weighted by Gasteiger charge is 2.37. The average Bonchev–Trinajstić information content (AvgIpc) is 3.48. The Labute approximate surface area is 156 Å². The van der Waals surface area contributed by atoms with Crippen LogP contribution in [0, 0.1) is 0 Å². The first-order valence-corrected chi connectivity index (χ1v) is 9.81. The van der Waals surface area contributed by atoms with Crippen molar-refractivity contribution < 1.29 is 4.74 Å². The van der Waals surface area contributed by atoms with Gasteiger partial charge < -0.3 is 15.4 Å². The lowest BCUT2D eigenvalue weighted by molar-refractivity contribution is 0.241. The molecule has 0 spiro atoms. The van der Waals surface area contributed by atoms with Gasteiger partial charge in [0.1, 0.15) is 12.4 Å². The molecule has 2 N–H and O–H groups in total. The molecule has 0 unspecified atom stereocenters. The summed E-state index contributed by atoms with van der Waals surface area (Å²) in [6, 6.07) is 19.6. The van der Waals surface area contributed by atoms with Gasteiger partial charge in [-0.15, -0.1) is 0 Å². The van der Waals surface area contributed by atoms with Crippen LogP contribution in [0.15, 0.2) is 54.6 Å². The molecule has 4 heteroatoms. The van der Waals surface area contributed by atoms with Gasteiger partial charge in [0.15, 0.2) is 0 Å². The van der Waals surface area contributed by atoms with E-state index in [0.29, 0.717) is 18.6 Å². The first kappa shape index (κ1) is 17.5. The largest absolute Gasteiger partial charge is 0.489 e. The van der Waals surface area contributed by atoms with Gasteiger partial charge in [-0.1, -0.05) is 42.5 Å². The summed E-state index contributed by atoms with van der Waals surface area (Å²) < 4.78 is 5.88. The summed E-state index contributed by atoms with van der Waals surface area (Å²) in [5, 5.41) is 7.13. The molecule has 0 aromatic heterocycles. The van der Waals surface area contributed by atoms with Gasteiger partial charge in [0.25, 0.3) is 0 Å². The Kier molecular flexibility index (Phi) is 5.85. The van der Waals surface area contributed by atoms with E-state index >= 15 is 0 Å². The van der Waals surface area contributed by atoms with Crippen LogP contribution in [-0.2, 0) is 6.61 Å². The maximum absolute atomic E-state index is 5.88. The summed E-state index contributed by atoms with van der Waals surface area (Å²) in [5.74, 6) is 1.61. The van der Waals surface area contributed by atoms with Crippen LogP contribution < -0.4 is 15.4 Å². The summed E-state index contributed by atoms with van der Waals surface area (Å²) >= 11 is 0. The number of nitrogens with one attached hydrogen (secondary N) is 2. The first-order chi connectivity index (χ1) is 12.9. The third-order valence-electron chi connectivity index (χ3n) is 5.39. The van der Waals surface area contributed by atoms with Crippen LogP contribution in [-0.4, -0.2) is 50.2 Å². The van der Waals surface area contributed by atoms with E-state index in [1.807, 2.05) is 18.2 Å². The summed E-state index contributed by atoms with van der Waals surface area (Å²) in [7, 11) is 0. The van der Waals surface area contributed by atoms with E-state index in [-0.39, 0.29) is 0 Å². The van der Waals surface area contributed by atoms with Crippen LogP contribution >= 0.6 is 0 Å². The van der Waals surface area contributed by atoms with Crippen molar-refractivity contribution in [3.63, 3.8) is 0 Å². The second-order valence-corrected chi connectivity index (χ2v) is 7.34. The third-order valence-corrected chi connectivity index (χ3v) is 5.39. The van der Waals surface area contributed by atoms with Crippen LogP contribution in [0.1, 0.15) is 23.5 Å². The molecule has 26 heavy (non-hydrogen) atoms. The van der Waals surface area contributed by atoms with Crippen LogP contribution in [0.4, 0.5) is 0 Å². The second kappa shape index (κ2) is 8.67. The second-order valence-electron chi connectivity index (χ2n) is 7.34. The molecule has 4 rings (SSSR count). The van der Waals surface area contributed by atoms with Crippen molar-refractivity contribution in [2.75, 3.05) is 39.3 Å². The van der Waals surface area contributed by atoms with Crippen molar-refractivity contribution in [3.8, 4) is 5.75 Å². The molecule has 2 atom stereocenters. The van der Waals surface area contributed by atoms with Gasteiger partial charge in [-0.25, -0.2) is 0 Å². The zero-order chi connectivity index (χ0) is 17.6. The highest BCUT2D eigenvalue weighted by Crippen LogP contribution is 2.41. The molecule has 138 valence electrons. The quantitative estimate of drug-likeness (QED) is 0.767. The number of benzene rings is 2. The lowest BCUT2D eigenvalue weighted by Crippen LogP contribution is -2.46. The zero-order valence-corrected chi connectivity index (χ0v) is 15.4. The highest BCUT2D eigenvalue weighted by molar-refractivity contribution is 5.34. The average molecular weight is 351 g/mol. The molecule has 1 saturated carbocycles. The Morgan fingerprint density at radius 2 is 1.77 bits per heavy atom. The number of ether oxygens (including phenoxy) is 1. The monoisotopic (exact) mass is 351 g/mol. The minimum Gasteiger partial charge on any atom is -0.489 e. The van der Waals surface area contributed by atoms with Crippen molar-refractivity contribution in [1.82, 2.24) is 15.5 Å². The molecule has 1 aliphatic heterocycles. The number of hydrogen-bond donors (Lipinski definition) is 2. The zero-order valence-electron chi connectivity index (χ0n) is 15.4. The fourth-order valence-electron chi connectivity index (χ4n) is 3.68. The Morgan fingerprint density at radius 3 is 2.54 bits per heavy atom. The summed E-state index contributed by atoms with van der Waals surface area (Å²) in [6.07, 6.45) is 1.26. The highest BCUT2D eigenvalue weighted by atomic mass is 16.5. The normalized spacial score (nSPS) is 22.9. The SMILES string of the molecule is c1ccc(COc2ccc([C@@H]3C[C@H]3NCCN3CCNCC3)cc2)cc1. The van der Waals surface area contributed by atoms with Crippen molar-refractivity contribution in [3.05, 3.63) is 65.7 Å². The molecule has 1 heterocycles. The topological polar surface area (TPSA) is 36.5 Å². The maximum Gasteiger partial charge on any atom is 0.119 e. The molecule has 2 aromatic carbocycles. The smallest absolute Gasteiger partial charge is 0.119 e. The molecule has 2 fully saturated rings. The predicted molar refractivity (Wildman–Crippen MR) is 106 cm³/mol. The van der Waals surface area contributed by atoms with Gasteiger partial charge in [0.05, 0.1) is 0 Å². The van der Waals surface area contributed by atoms with E-state index in [1.165, 1.54) is 30.6 Å². The van der Waals surface area contributed by atoms with Gasteiger partial charge in [0, 0.05) is 51.2 Å². The van der Waals surface area contributed by atoms with E-state index in [9.17, 15) is 0 Å². The number of piperazine rings is 1. The Hall–Kier alpha value is -1.88. The Morgan fingerprint density at radius 1 is 1.00 bits per heavy atom.